The lowest BCUT2D eigenvalue weighted by Crippen LogP contribution is -2.47. The summed E-state index contributed by atoms with van der Waals surface area (Å²) in [5, 5.41) is 3.10. The van der Waals surface area contributed by atoms with Crippen molar-refractivity contribution in [1.82, 2.24) is 9.62 Å². The predicted molar refractivity (Wildman–Crippen MR) is 75.6 cm³/mol. The molecule has 2 aliphatic rings. The summed E-state index contributed by atoms with van der Waals surface area (Å²) in [5.41, 5.74) is 0. The Morgan fingerprint density at radius 2 is 2.00 bits per heavy atom. The first-order chi connectivity index (χ1) is 9.14. The van der Waals surface area contributed by atoms with Crippen LogP contribution in [0, 0.1) is 5.92 Å². The standard InChI is InChI=1S/C13H26N2O3S/c1-2-14-10-12-4-3-7-15(11-12)19(16,17)13-5-8-18-9-6-13/h12-14H,2-11H2,1H3. The van der Waals surface area contributed by atoms with Crippen molar-refractivity contribution in [3.05, 3.63) is 0 Å². The van der Waals surface area contributed by atoms with E-state index >= 15 is 0 Å². The number of piperidine rings is 1. The van der Waals surface area contributed by atoms with Crippen LogP contribution < -0.4 is 5.32 Å². The van der Waals surface area contributed by atoms with E-state index in [1.54, 1.807) is 4.31 Å². The van der Waals surface area contributed by atoms with Crippen molar-refractivity contribution in [2.75, 3.05) is 39.4 Å². The lowest BCUT2D eigenvalue weighted by atomic mass is 10.00. The molecule has 6 heteroatoms. The van der Waals surface area contributed by atoms with Gasteiger partial charge in [-0.3, -0.25) is 0 Å². The first-order valence-corrected chi connectivity index (χ1v) is 8.92. The topological polar surface area (TPSA) is 58.6 Å². The molecule has 0 bridgehead atoms. The summed E-state index contributed by atoms with van der Waals surface area (Å²) >= 11 is 0. The fourth-order valence-corrected chi connectivity index (χ4v) is 4.97. The van der Waals surface area contributed by atoms with E-state index in [2.05, 4.69) is 12.2 Å². The molecule has 2 heterocycles. The lowest BCUT2D eigenvalue weighted by Gasteiger charge is -2.35. The van der Waals surface area contributed by atoms with Gasteiger partial charge < -0.3 is 10.1 Å². The molecule has 19 heavy (non-hydrogen) atoms. The first-order valence-electron chi connectivity index (χ1n) is 7.42. The van der Waals surface area contributed by atoms with Gasteiger partial charge in [0.1, 0.15) is 0 Å². The molecule has 5 nitrogen and oxygen atoms in total. The van der Waals surface area contributed by atoms with Crippen molar-refractivity contribution >= 4 is 10.0 Å². The molecule has 112 valence electrons. The van der Waals surface area contributed by atoms with Gasteiger partial charge in [0, 0.05) is 26.3 Å². The second-order valence-corrected chi connectivity index (χ2v) is 7.74. The third-order valence-corrected chi connectivity index (χ3v) is 6.48. The van der Waals surface area contributed by atoms with Crippen LogP contribution in [0.15, 0.2) is 0 Å². The molecule has 0 radical (unpaired) electrons. The second kappa shape index (κ2) is 7.02. The van der Waals surface area contributed by atoms with E-state index < -0.39 is 10.0 Å². The van der Waals surface area contributed by atoms with Crippen LogP contribution in [-0.2, 0) is 14.8 Å². The summed E-state index contributed by atoms with van der Waals surface area (Å²) < 4.78 is 32.2. The number of nitrogens with zero attached hydrogens (tertiary/aromatic N) is 1. The normalized spacial score (nSPS) is 27.5. The second-order valence-electron chi connectivity index (χ2n) is 5.53. The van der Waals surface area contributed by atoms with E-state index in [1.165, 1.54) is 0 Å². The van der Waals surface area contributed by atoms with E-state index in [0.717, 1.165) is 25.9 Å². The molecule has 0 amide bonds. The zero-order valence-corrected chi connectivity index (χ0v) is 12.6. The number of sulfonamides is 1. The summed E-state index contributed by atoms with van der Waals surface area (Å²) in [4.78, 5) is 0. The lowest BCUT2D eigenvalue weighted by molar-refractivity contribution is 0.0966. The van der Waals surface area contributed by atoms with Crippen LogP contribution in [0.3, 0.4) is 0 Å². The van der Waals surface area contributed by atoms with Crippen molar-refractivity contribution in [3.8, 4) is 0 Å². The van der Waals surface area contributed by atoms with E-state index in [9.17, 15) is 8.42 Å². The quantitative estimate of drug-likeness (QED) is 0.814. The van der Waals surface area contributed by atoms with Gasteiger partial charge in [0.15, 0.2) is 0 Å². The van der Waals surface area contributed by atoms with Crippen LogP contribution >= 0.6 is 0 Å². The Hall–Kier alpha value is -0.170. The molecular weight excluding hydrogens is 264 g/mol. The maximum absolute atomic E-state index is 12.6. The Bertz CT molecular complexity index is 366. The van der Waals surface area contributed by atoms with Gasteiger partial charge in [-0.05, 0) is 44.7 Å². The van der Waals surface area contributed by atoms with Gasteiger partial charge in [-0.15, -0.1) is 0 Å². The predicted octanol–water partition coefficient (Wildman–Crippen LogP) is 0.817. The number of hydrogen-bond donors (Lipinski definition) is 1. The Balaban J connectivity index is 1.95. The Morgan fingerprint density at radius 1 is 1.26 bits per heavy atom. The number of ether oxygens (including phenoxy) is 1. The smallest absolute Gasteiger partial charge is 0.217 e. The van der Waals surface area contributed by atoms with Crippen LogP contribution in [0.25, 0.3) is 0 Å². The minimum absolute atomic E-state index is 0.223. The Morgan fingerprint density at radius 3 is 2.68 bits per heavy atom. The molecule has 1 N–H and O–H groups in total. The first kappa shape index (κ1) is 15.2. The van der Waals surface area contributed by atoms with E-state index in [1.807, 2.05) is 0 Å². The van der Waals surface area contributed by atoms with Gasteiger partial charge in [-0.25, -0.2) is 12.7 Å². The SMILES string of the molecule is CCNCC1CCCN(S(=O)(=O)C2CCOCC2)C1. The van der Waals surface area contributed by atoms with Crippen LogP contribution in [0.4, 0.5) is 0 Å². The van der Waals surface area contributed by atoms with Gasteiger partial charge in [-0.2, -0.15) is 0 Å². The van der Waals surface area contributed by atoms with Crippen molar-refractivity contribution < 1.29 is 13.2 Å². The van der Waals surface area contributed by atoms with Crippen LogP contribution in [0.5, 0.6) is 0 Å². The van der Waals surface area contributed by atoms with E-state index in [0.29, 0.717) is 45.1 Å². The van der Waals surface area contributed by atoms with Crippen molar-refractivity contribution in [2.45, 2.75) is 37.9 Å². The van der Waals surface area contributed by atoms with Gasteiger partial charge >= 0.3 is 0 Å². The van der Waals surface area contributed by atoms with Gasteiger partial charge in [0.2, 0.25) is 10.0 Å². The fraction of sp³-hybridized carbons (Fsp3) is 1.00. The van der Waals surface area contributed by atoms with Gasteiger partial charge in [0.25, 0.3) is 0 Å². The molecule has 2 rings (SSSR count). The summed E-state index contributed by atoms with van der Waals surface area (Å²) in [6.45, 7) is 6.50. The molecular formula is C13H26N2O3S. The molecule has 1 unspecified atom stereocenters. The van der Waals surface area contributed by atoms with Crippen molar-refractivity contribution in [1.29, 1.82) is 0 Å². The molecule has 0 aliphatic carbocycles. The third kappa shape index (κ3) is 3.90. The average Bonchev–Trinajstić information content (AvgIpc) is 2.46. The summed E-state index contributed by atoms with van der Waals surface area (Å²) in [5.74, 6) is 0.461. The van der Waals surface area contributed by atoms with E-state index in [4.69, 9.17) is 4.74 Å². The molecule has 0 saturated carbocycles. The van der Waals surface area contributed by atoms with Crippen LogP contribution in [-0.4, -0.2) is 57.4 Å². The van der Waals surface area contributed by atoms with E-state index in [-0.39, 0.29) is 5.25 Å². The molecule has 2 fully saturated rings. The summed E-state index contributed by atoms with van der Waals surface area (Å²) in [7, 11) is -3.12. The minimum atomic E-state index is -3.12. The Kier molecular flexibility index (Phi) is 5.62. The number of hydrogen-bond acceptors (Lipinski definition) is 4. The molecule has 2 saturated heterocycles. The van der Waals surface area contributed by atoms with Crippen molar-refractivity contribution in [3.63, 3.8) is 0 Å². The zero-order valence-electron chi connectivity index (χ0n) is 11.8. The fourth-order valence-electron chi connectivity index (χ4n) is 2.96. The van der Waals surface area contributed by atoms with Crippen molar-refractivity contribution in [2.24, 2.45) is 5.92 Å². The maximum atomic E-state index is 12.6. The maximum Gasteiger partial charge on any atom is 0.217 e. The zero-order chi connectivity index (χ0) is 13.7. The number of rotatable bonds is 5. The highest BCUT2D eigenvalue weighted by atomic mass is 32.2. The third-order valence-electron chi connectivity index (χ3n) is 4.11. The minimum Gasteiger partial charge on any atom is -0.381 e. The highest BCUT2D eigenvalue weighted by Crippen LogP contribution is 2.25. The van der Waals surface area contributed by atoms with Gasteiger partial charge in [0.05, 0.1) is 5.25 Å². The molecule has 0 spiro atoms. The molecule has 0 aromatic heterocycles. The van der Waals surface area contributed by atoms with Gasteiger partial charge in [-0.1, -0.05) is 6.92 Å². The average molecular weight is 290 g/mol. The highest BCUT2D eigenvalue weighted by Gasteiger charge is 2.35. The summed E-state index contributed by atoms with van der Waals surface area (Å²) in [6, 6.07) is 0. The van der Waals surface area contributed by atoms with Crippen LogP contribution in [0.1, 0.15) is 32.6 Å². The number of nitrogens with one attached hydrogen (secondary N) is 1. The Labute approximate surface area is 116 Å². The molecule has 0 aromatic carbocycles. The molecule has 2 aliphatic heterocycles. The summed E-state index contributed by atoms with van der Waals surface area (Å²) in [6.07, 6.45) is 3.42. The monoisotopic (exact) mass is 290 g/mol. The molecule has 1 atom stereocenters. The molecule has 0 aromatic rings. The highest BCUT2D eigenvalue weighted by molar-refractivity contribution is 7.89. The van der Waals surface area contributed by atoms with Crippen LogP contribution in [0.2, 0.25) is 0 Å². The largest absolute Gasteiger partial charge is 0.381 e.